The van der Waals surface area contributed by atoms with E-state index in [-0.39, 0.29) is 18.1 Å². The standard InChI is InChI=1S/C21H24N2O2/c1-4-13-25-17-10-8-9-16(14-17)20-22-19-12-7-6-11-18(19)21(24)23(20)15(3)5-2/h4,6-12,14-15,20,22H,1,5,13H2,2-3H3/t15-,20-/m1/s1. The molecule has 4 heteroatoms. The number of carbonyl (C=O) groups is 1. The first-order chi connectivity index (χ1) is 12.2. The van der Waals surface area contributed by atoms with E-state index in [1.54, 1.807) is 6.08 Å². The SMILES string of the molecule is C=CCOc1cccc([C@@H]2Nc3ccccc3C(=O)N2[C@H](C)CC)c1. The van der Waals surface area contributed by atoms with Crippen molar-refractivity contribution in [2.75, 3.05) is 11.9 Å². The first kappa shape index (κ1) is 17.1. The Bertz CT molecular complexity index is 772. The summed E-state index contributed by atoms with van der Waals surface area (Å²) in [6.07, 6.45) is 2.39. The Hall–Kier alpha value is -2.75. The molecule has 1 N–H and O–H groups in total. The molecule has 1 aliphatic heterocycles. The molecule has 0 spiro atoms. The molecule has 0 bridgehead atoms. The minimum absolute atomic E-state index is 0.0612. The Labute approximate surface area is 149 Å². The number of amides is 1. The number of ether oxygens (including phenoxy) is 1. The molecule has 4 nitrogen and oxygen atoms in total. The first-order valence-corrected chi connectivity index (χ1v) is 8.67. The molecule has 2 aromatic carbocycles. The van der Waals surface area contributed by atoms with E-state index in [2.05, 4.69) is 25.7 Å². The largest absolute Gasteiger partial charge is 0.490 e. The van der Waals surface area contributed by atoms with Crippen LogP contribution in [0.25, 0.3) is 0 Å². The van der Waals surface area contributed by atoms with Crippen molar-refractivity contribution in [1.82, 2.24) is 4.90 Å². The molecule has 1 aliphatic rings. The van der Waals surface area contributed by atoms with E-state index in [0.717, 1.165) is 29.0 Å². The van der Waals surface area contributed by atoms with Crippen LogP contribution in [0.15, 0.2) is 61.2 Å². The lowest BCUT2D eigenvalue weighted by Gasteiger charge is -2.41. The number of benzene rings is 2. The molecule has 1 heterocycles. The average molecular weight is 336 g/mol. The van der Waals surface area contributed by atoms with Crippen molar-refractivity contribution in [2.24, 2.45) is 0 Å². The molecule has 130 valence electrons. The van der Waals surface area contributed by atoms with Crippen molar-refractivity contribution < 1.29 is 9.53 Å². The summed E-state index contributed by atoms with van der Waals surface area (Å²) < 4.78 is 5.66. The predicted octanol–water partition coefficient (Wildman–Crippen LogP) is 4.62. The maximum Gasteiger partial charge on any atom is 0.258 e. The second kappa shape index (κ2) is 7.43. The van der Waals surface area contributed by atoms with Crippen LogP contribution in [-0.2, 0) is 0 Å². The molecule has 3 rings (SSSR count). The van der Waals surface area contributed by atoms with E-state index in [1.165, 1.54) is 0 Å². The zero-order chi connectivity index (χ0) is 17.8. The fourth-order valence-electron chi connectivity index (χ4n) is 3.09. The van der Waals surface area contributed by atoms with Crippen molar-refractivity contribution >= 4 is 11.6 Å². The van der Waals surface area contributed by atoms with Crippen LogP contribution in [0.5, 0.6) is 5.75 Å². The van der Waals surface area contributed by atoms with Gasteiger partial charge in [-0.05, 0) is 43.2 Å². The monoisotopic (exact) mass is 336 g/mol. The number of hydrogen-bond acceptors (Lipinski definition) is 3. The van der Waals surface area contributed by atoms with Crippen molar-refractivity contribution in [3.05, 3.63) is 72.3 Å². The van der Waals surface area contributed by atoms with Gasteiger partial charge in [-0.1, -0.05) is 43.8 Å². The lowest BCUT2D eigenvalue weighted by atomic mass is 10.0. The summed E-state index contributed by atoms with van der Waals surface area (Å²) in [6, 6.07) is 15.7. The first-order valence-electron chi connectivity index (χ1n) is 8.67. The molecule has 0 radical (unpaired) electrons. The normalized spacial score (nSPS) is 17.4. The molecule has 0 saturated carbocycles. The molecule has 0 fully saturated rings. The van der Waals surface area contributed by atoms with Crippen LogP contribution in [0.4, 0.5) is 5.69 Å². The number of fused-ring (bicyclic) bond motifs is 1. The highest BCUT2D eigenvalue weighted by Gasteiger charge is 2.35. The lowest BCUT2D eigenvalue weighted by molar-refractivity contribution is 0.0593. The van der Waals surface area contributed by atoms with Crippen LogP contribution in [-0.4, -0.2) is 23.5 Å². The smallest absolute Gasteiger partial charge is 0.258 e. The Balaban J connectivity index is 2.00. The van der Waals surface area contributed by atoms with Crippen LogP contribution in [0.3, 0.4) is 0 Å². The molecule has 0 unspecified atom stereocenters. The highest BCUT2D eigenvalue weighted by Crippen LogP contribution is 2.35. The molecule has 25 heavy (non-hydrogen) atoms. The van der Waals surface area contributed by atoms with Crippen LogP contribution in [0.2, 0.25) is 0 Å². The summed E-state index contributed by atoms with van der Waals surface area (Å²) in [6.45, 7) is 8.31. The van der Waals surface area contributed by atoms with Gasteiger partial charge in [0.15, 0.2) is 0 Å². The average Bonchev–Trinajstić information content (AvgIpc) is 2.66. The van der Waals surface area contributed by atoms with Crippen LogP contribution < -0.4 is 10.1 Å². The summed E-state index contributed by atoms with van der Waals surface area (Å²) in [5, 5.41) is 3.52. The zero-order valence-electron chi connectivity index (χ0n) is 14.7. The maximum absolute atomic E-state index is 13.1. The number of nitrogens with zero attached hydrogens (tertiary/aromatic N) is 1. The molecule has 0 aromatic heterocycles. The Morgan fingerprint density at radius 3 is 2.84 bits per heavy atom. The third-order valence-corrected chi connectivity index (χ3v) is 4.57. The number of nitrogens with one attached hydrogen (secondary N) is 1. The molecule has 0 saturated heterocycles. The molecule has 2 aromatic rings. The van der Waals surface area contributed by atoms with Gasteiger partial charge in [0.25, 0.3) is 5.91 Å². The molecule has 1 amide bonds. The fourth-order valence-corrected chi connectivity index (χ4v) is 3.09. The van der Waals surface area contributed by atoms with E-state index in [9.17, 15) is 4.79 Å². The van der Waals surface area contributed by atoms with Gasteiger partial charge < -0.3 is 15.0 Å². The van der Waals surface area contributed by atoms with E-state index in [4.69, 9.17) is 4.74 Å². The highest BCUT2D eigenvalue weighted by atomic mass is 16.5. The highest BCUT2D eigenvalue weighted by molar-refractivity contribution is 6.01. The topological polar surface area (TPSA) is 41.6 Å². The van der Waals surface area contributed by atoms with Crippen LogP contribution >= 0.6 is 0 Å². The third-order valence-electron chi connectivity index (χ3n) is 4.57. The van der Waals surface area contributed by atoms with Gasteiger partial charge in [0.1, 0.15) is 18.5 Å². The second-order valence-corrected chi connectivity index (χ2v) is 6.23. The Morgan fingerprint density at radius 1 is 1.28 bits per heavy atom. The van der Waals surface area contributed by atoms with Crippen molar-refractivity contribution in [1.29, 1.82) is 0 Å². The number of para-hydroxylation sites is 1. The minimum atomic E-state index is -0.218. The number of rotatable bonds is 6. The molecular weight excluding hydrogens is 312 g/mol. The van der Waals surface area contributed by atoms with Gasteiger partial charge in [0, 0.05) is 11.7 Å². The summed E-state index contributed by atoms with van der Waals surface area (Å²) in [7, 11) is 0. The van der Waals surface area contributed by atoms with E-state index >= 15 is 0 Å². The van der Waals surface area contributed by atoms with Crippen molar-refractivity contribution in [3.63, 3.8) is 0 Å². The maximum atomic E-state index is 13.1. The van der Waals surface area contributed by atoms with Crippen LogP contribution in [0, 0.1) is 0 Å². The van der Waals surface area contributed by atoms with Gasteiger partial charge in [-0.25, -0.2) is 0 Å². The van der Waals surface area contributed by atoms with E-state index < -0.39 is 0 Å². The van der Waals surface area contributed by atoms with E-state index in [0.29, 0.717) is 6.61 Å². The third kappa shape index (κ3) is 3.38. The predicted molar refractivity (Wildman–Crippen MR) is 101 cm³/mol. The van der Waals surface area contributed by atoms with Crippen molar-refractivity contribution in [2.45, 2.75) is 32.5 Å². The van der Waals surface area contributed by atoms with Gasteiger partial charge in [-0.2, -0.15) is 0 Å². The van der Waals surface area contributed by atoms with Crippen LogP contribution in [0.1, 0.15) is 42.4 Å². The van der Waals surface area contributed by atoms with Gasteiger partial charge >= 0.3 is 0 Å². The van der Waals surface area contributed by atoms with Gasteiger partial charge in [0.2, 0.25) is 0 Å². The Kier molecular flexibility index (Phi) is 5.08. The summed E-state index contributed by atoms with van der Waals surface area (Å²) in [5.74, 6) is 0.834. The molecule has 2 atom stereocenters. The number of hydrogen-bond donors (Lipinski definition) is 1. The quantitative estimate of drug-likeness (QED) is 0.783. The fraction of sp³-hybridized carbons (Fsp3) is 0.286. The lowest BCUT2D eigenvalue weighted by Crippen LogP contribution is -2.47. The second-order valence-electron chi connectivity index (χ2n) is 6.23. The number of carbonyl (C=O) groups excluding carboxylic acids is 1. The van der Waals surface area contributed by atoms with E-state index in [1.807, 2.05) is 53.4 Å². The van der Waals surface area contributed by atoms with Gasteiger partial charge in [-0.3, -0.25) is 4.79 Å². The van der Waals surface area contributed by atoms with Gasteiger partial charge in [-0.15, -0.1) is 0 Å². The van der Waals surface area contributed by atoms with Gasteiger partial charge in [0.05, 0.1) is 5.56 Å². The van der Waals surface area contributed by atoms with Crippen molar-refractivity contribution in [3.8, 4) is 5.75 Å². The number of anilines is 1. The summed E-state index contributed by atoms with van der Waals surface area (Å²) in [5.41, 5.74) is 2.59. The molecule has 0 aliphatic carbocycles. The molecular formula is C21H24N2O2. The summed E-state index contributed by atoms with van der Waals surface area (Å²) in [4.78, 5) is 15.0. The summed E-state index contributed by atoms with van der Waals surface area (Å²) >= 11 is 0. The Morgan fingerprint density at radius 2 is 2.08 bits per heavy atom. The minimum Gasteiger partial charge on any atom is -0.490 e. The zero-order valence-corrected chi connectivity index (χ0v) is 14.7.